The Bertz CT molecular complexity index is 544. The van der Waals surface area contributed by atoms with Gasteiger partial charge in [-0.2, -0.15) is 5.26 Å². The second-order valence-electron chi connectivity index (χ2n) is 3.64. The van der Waals surface area contributed by atoms with Crippen molar-refractivity contribution in [1.82, 2.24) is 0 Å². The highest BCUT2D eigenvalue weighted by molar-refractivity contribution is 6.33. The molecule has 0 atom stereocenters. The van der Waals surface area contributed by atoms with Crippen molar-refractivity contribution < 1.29 is 0 Å². The van der Waals surface area contributed by atoms with Crippen LogP contribution < -0.4 is 5.32 Å². The SMILES string of the molecule is N#CCc1ccc(Nc2ccccc2)c(Cl)c1. The average Bonchev–Trinajstić information content (AvgIpc) is 2.34. The number of nitrogens with one attached hydrogen (secondary N) is 1. The number of anilines is 2. The van der Waals surface area contributed by atoms with E-state index >= 15 is 0 Å². The monoisotopic (exact) mass is 242 g/mol. The fourth-order valence-corrected chi connectivity index (χ4v) is 1.79. The van der Waals surface area contributed by atoms with Crippen LogP contribution in [0.4, 0.5) is 11.4 Å². The molecule has 0 aliphatic heterocycles. The maximum absolute atomic E-state index is 8.61. The van der Waals surface area contributed by atoms with Gasteiger partial charge in [0.1, 0.15) is 0 Å². The number of hydrogen-bond acceptors (Lipinski definition) is 2. The molecular weight excluding hydrogens is 232 g/mol. The minimum Gasteiger partial charge on any atom is -0.354 e. The standard InChI is InChI=1S/C14H11ClN2/c15-13-10-11(8-9-16)6-7-14(13)17-12-4-2-1-3-5-12/h1-7,10,17H,8H2. The number of nitrogens with zero attached hydrogens (tertiary/aromatic N) is 1. The highest BCUT2D eigenvalue weighted by Gasteiger charge is 2.02. The van der Waals surface area contributed by atoms with E-state index in [1.807, 2.05) is 48.5 Å². The van der Waals surface area contributed by atoms with E-state index in [-0.39, 0.29) is 0 Å². The molecule has 0 saturated carbocycles. The Balaban J connectivity index is 2.20. The summed E-state index contributed by atoms with van der Waals surface area (Å²) < 4.78 is 0. The van der Waals surface area contributed by atoms with E-state index in [9.17, 15) is 0 Å². The van der Waals surface area contributed by atoms with Crippen LogP contribution in [0.1, 0.15) is 5.56 Å². The molecule has 1 N–H and O–H groups in total. The molecule has 0 radical (unpaired) electrons. The van der Waals surface area contributed by atoms with E-state index in [2.05, 4.69) is 11.4 Å². The largest absolute Gasteiger partial charge is 0.354 e. The van der Waals surface area contributed by atoms with Crippen molar-refractivity contribution in [2.45, 2.75) is 6.42 Å². The summed E-state index contributed by atoms with van der Waals surface area (Å²) in [6, 6.07) is 17.5. The average molecular weight is 243 g/mol. The fraction of sp³-hybridized carbons (Fsp3) is 0.0714. The topological polar surface area (TPSA) is 35.8 Å². The number of benzene rings is 2. The summed E-state index contributed by atoms with van der Waals surface area (Å²) in [5.74, 6) is 0. The zero-order chi connectivity index (χ0) is 12.1. The van der Waals surface area contributed by atoms with Crippen molar-refractivity contribution in [1.29, 1.82) is 5.26 Å². The third-order valence-electron chi connectivity index (χ3n) is 2.37. The van der Waals surface area contributed by atoms with Crippen molar-refractivity contribution in [2.24, 2.45) is 0 Å². The molecule has 0 unspecified atom stereocenters. The molecule has 0 heterocycles. The summed E-state index contributed by atoms with van der Waals surface area (Å²) in [5.41, 5.74) is 2.76. The lowest BCUT2D eigenvalue weighted by Gasteiger charge is -2.09. The maximum Gasteiger partial charge on any atom is 0.0669 e. The molecule has 2 rings (SSSR count). The Hall–Kier alpha value is -1.98. The fourth-order valence-electron chi connectivity index (χ4n) is 1.54. The number of halogens is 1. The predicted octanol–water partition coefficient (Wildman–Crippen LogP) is 4.15. The van der Waals surface area contributed by atoms with Crippen molar-refractivity contribution >= 4 is 23.0 Å². The molecular formula is C14H11ClN2. The third kappa shape index (κ3) is 2.99. The van der Waals surface area contributed by atoms with Crippen molar-refractivity contribution in [3.63, 3.8) is 0 Å². The molecule has 0 fully saturated rings. The van der Waals surface area contributed by atoms with Gasteiger partial charge in [-0.15, -0.1) is 0 Å². The van der Waals surface area contributed by atoms with Crippen molar-refractivity contribution in [2.75, 3.05) is 5.32 Å². The summed E-state index contributed by atoms with van der Waals surface area (Å²) in [6.07, 6.45) is 0.380. The minimum atomic E-state index is 0.380. The quantitative estimate of drug-likeness (QED) is 0.878. The van der Waals surface area contributed by atoms with E-state index in [1.54, 1.807) is 0 Å². The van der Waals surface area contributed by atoms with Gasteiger partial charge < -0.3 is 5.32 Å². The summed E-state index contributed by atoms with van der Waals surface area (Å²) in [5, 5.41) is 12.5. The normalized spacial score (nSPS) is 9.65. The Morgan fingerprint density at radius 2 is 1.88 bits per heavy atom. The van der Waals surface area contributed by atoms with Gasteiger partial charge in [-0.1, -0.05) is 35.9 Å². The first-order chi connectivity index (χ1) is 8.29. The van der Waals surface area contributed by atoms with Crippen LogP contribution in [-0.2, 0) is 6.42 Å². The molecule has 0 spiro atoms. The van der Waals surface area contributed by atoms with E-state index in [0.717, 1.165) is 16.9 Å². The lowest BCUT2D eigenvalue weighted by molar-refractivity contribution is 1.26. The summed E-state index contributed by atoms with van der Waals surface area (Å²) in [6.45, 7) is 0. The Morgan fingerprint density at radius 3 is 2.53 bits per heavy atom. The molecule has 2 aromatic carbocycles. The van der Waals surface area contributed by atoms with Crippen LogP contribution in [0.2, 0.25) is 5.02 Å². The second-order valence-corrected chi connectivity index (χ2v) is 4.05. The van der Waals surface area contributed by atoms with E-state index in [1.165, 1.54) is 0 Å². The number of para-hydroxylation sites is 1. The van der Waals surface area contributed by atoms with Gasteiger partial charge >= 0.3 is 0 Å². The molecule has 0 aliphatic carbocycles. The number of rotatable bonds is 3. The van der Waals surface area contributed by atoms with Crippen LogP contribution >= 0.6 is 11.6 Å². The molecule has 0 aliphatic rings. The van der Waals surface area contributed by atoms with Crippen LogP contribution in [0.15, 0.2) is 48.5 Å². The zero-order valence-corrected chi connectivity index (χ0v) is 9.91. The van der Waals surface area contributed by atoms with Crippen LogP contribution in [-0.4, -0.2) is 0 Å². The second kappa shape index (κ2) is 5.38. The number of hydrogen-bond donors (Lipinski definition) is 1. The van der Waals surface area contributed by atoms with Crippen molar-refractivity contribution in [3.05, 3.63) is 59.1 Å². The zero-order valence-electron chi connectivity index (χ0n) is 9.15. The molecule has 2 aromatic rings. The van der Waals surface area contributed by atoms with Crippen LogP contribution in [0, 0.1) is 11.3 Å². The first-order valence-corrected chi connectivity index (χ1v) is 5.65. The predicted molar refractivity (Wildman–Crippen MR) is 70.5 cm³/mol. The van der Waals surface area contributed by atoms with Gasteiger partial charge in [-0.3, -0.25) is 0 Å². The molecule has 3 heteroatoms. The van der Waals surface area contributed by atoms with Gasteiger partial charge in [0.05, 0.1) is 23.2 Å². The Kier molecular flexibility index (Phi) is 3.64. The van der Waals surface area contributed by atoms with Gasteiger partial charge in [0.2, 0.25) is 0 Å². The van der Waals surface area contributed by atoms with Gasteiger partial charge in [0.25, 0.3) is 0 Å². The summed E-state index contributed by atoms with van der Waals surface area (Å²) >= 11 is 6.14. The van der Waals surface area contributed by atoms with Crippen LogP contribution in [0.3, 0.4) is 0 Å². The molecule has 0 bridgehead atoms. The molecule has 2 nitrogen and oxygen atoms in total. The number of nitriles is 1. The van der Waals surface area contributed by atoms with E-state index < -0.39 is 0 Å². The minimum absolute atomic E-state index is 0.380. The highest BCUT2D eigenvalue weighted by atomic mass is 35.5. The maximum atomic E-state index is 8.61. The molecule has 84 valence electrons. The lowest BCUT2D eigenvalue weighted by atomic mass is 10.1. The smallest absolute Gasteiger partial charge is 0.0669 e. The van der Waals surface area contributed by atoms with Gasteiger partial charge in [0, 0.05) is 5.69 Å². The highest BCUT2D eigenvalue weighted by Crippen LogP contribution is 2.26. The van der Waals surface area contributed by atoms with Crippen LogP contribution in [0.25, 0.3) is 0 Å². The lowest BCUT2D eigenvalue weighted by Crippen LogP contribution is -1.92. The van der Waals surface area contributed by atoms with Gasteiger partial charge in [-0.05, 0) is 29.8 Å². The summed E-state index contributed by atoms with van der Waals surface area (Å²) in [4.78, 5) is 0. The van der Waals surface area contributed by atoms with Crippen molar-refractivity contribution in [3.8, 4) is 6.07 Å². The van der Waals surface area contributed by atoms with E-state index in [4.69, 9.17) is 16.9 Å². The third-order valence-corrected chi connectivity index (χ3v) is 2.68. The van der Waals surface area contributed by atoms with Crippen LogP contribution in [0.5, 0.6) is 0 Å². The molecule has 0 amide bonds. The van der Waals surface area contributed by atoms with Gasteiger partial charge in [-0.25, -0.2) is 0 Å². The molecule has 0 aromatic heterocycles. The first-order valence-electron chi connectivity index (χ1n) is 5.27. The Labute approximate surface area is 105 Å². The first kappa shape index (κ1) is 11.5. The van der Waals surface area contributed by atoms with E-state index in [0.29, 0.717) is 11.4 Å². The Morgan fingerprint density at radius 1 is 1.12 bits per heavy atom. The van der Waals surface area contributed by atoms with Gasteiger partial charge in [0.15, 0.2) is 0 Å². The molecule has 0 saturated heterocycles. The molecule has 17 heavy (non-hydrogen) atoms. The summed E-state index contributed by atoms with van der Waals surface area (Å²) in [7, 11) is 0.